The number of rotatable bonds is 3. The van der Waals surface area contributed by atoms with E-state index in [4.69, 9.17) is 17.3 Å². The number of benzene rings is 1. The second-order valence-electron chi connectivity index (χ2n) is 4.28. The van der Waals surface area contributed by atoms with Crippen molar-refractivity contribution in [3.05, 3.63) is 22.8 Å². The molecule has 1 rings (SSSR count). The number of amides is 1. The van der Waals surface area contributed by atoms with Crippen molar-refractivity contribution < 1.29 is 4.79 Å². The lowest BCUT2D eigenvalue weighted by molar-refractivity contribution is -0.114. The summed E-state index contributed by atoms with van der Waals surface area (Å²) in [5, 5.41) is 2.82. The topological polar surface area (TPSA) is 67.5 Å². The monoisotopic (exact) mass is 267 g/mol. The number of carbonyl (C=O) groups is 1. The van der Waals surface area contributed by atoms with Gasteiger partial charge in [0.05, 0.1) is 11.6 Å². The molecule has 0 aliphatic carbocycles. The molecule has 0 saturated heterocycles. The summed E-state index contributed by atoms with van der Waals surface area (Å²) in [6.45, 7) is 7.29. The summed E-state index contributed by atoms with van der Waals surface area (Å²) in [6, 6.07) is 1.97. The molecule has 1 amide bonds. The molecule has 0 aromatic heterocycles. The number of nitrogens with one attached hydrogen (secondary N) is 1. The van der Waals surface area contributed by atoms with Gasteiger partial charge in [0, 0.05) is 12.6 Å². The van der Waals surface area contributed by atoms with Gasteiger partial charge in [-0.05, 0) is 37.5 Å². The van der Waals surface area contributed by atoms with Crippen LogP contribution in [0, 0.1) is 20.8 Å². The van der Waals surface area contributed by atoms with E-state index in [2.05, 4.69) is 10.3 Å². The second-order valence-corrected chi connectivity index (χ2v) is 4.54. The fourth-order valence-electron chi connectivity index (χ4n) is 1.89. The maximum atomic E-state index is 11.2. The zero-order chi connectivity index (χ0) is 13.9. The Morgan fingerprint density at radius 1 is 1.39 bits per heavy atom. The van der Waals surface area contributed by atoms with E-state index in [1.165, 1.54) is 6.92 Å². The normalized spacial score (nSPS) is 11.5. The Labute approximate surface area is 112 Å². The lowest BCUT2D eigenvalue weighted by Gasteiger charge is -2.15. The number of amidine groups is 1. The predicted molar refractivity (Wildman–Crippen MR) is 77.0 cm³/mol. The molecular formula is C13H18ClN3O. The lowest BCUT2D eigenvalue weighted by atomic mass is 10.0. The molecule has 4 nitrogen and oxygen atoms in total. The number of anilines is 1. The van der Waals surface area contributed by atoms with Gasteiger partial charge in [0.2, 0.25) is 5.91 Å². The van der Waals surface area contributed by atoms with Crippen LogP contribution in [0.25, 0.3) is 0 Å². The Hall–Kier alpha value is -1.55. The zero-order valence-electron chi connectivity index (χ0n) is 11.1. The Kier molecular flexibility index (Phi) is 4.73. The number of alkyl halides is 1. The van der Waals surface area contributed by atoms with Gasteiger partial charge in [-0.3, -0.25) is 4.79 Å². The summed E-state index contributed by atoms with van der Waals surface area (Å²) in [5.41, 5.74) is 10.1. The van der Waals surface area contributed by atoms with Crippen LogP contribution in [0.4, 0.5) is 11.4 Å². The number of aliphatic imine (C=N–C) groups is 1. The molecule has 0 aliphatic heterocycles. The highest BCUT2D eigenvalue weighted by Crippen LogP contribution is 2.33. The van der Waals surface area contributed by atoms with Crippen molar-refractivity contribution in [1.82, 2.24) is 0 Å². The summed E-state index contributed by atoms with van der Waals surface area (Å²) in [7, 11) is 0. The number of halogens is 1. The quantitative estimate of drug-likeness (QED) is 0.502. The first-order valence-electron chi connectivity index (χ1n) is 5.64. The third-order valence-corrected chi connectivity index (χ3v) is 2.90. The Morgan fingerprint density at radius 3 is 2.50 bits per heavy atom. The average molecular weight is 268 g/mol. The van der Waals surface area contributed by atoms with Gasteiger partial charge in [-0.2, -0.15) is 0 Å². The van der Waals surface area contributed by atoms with Crippen molar-refractivity contribution in [2.24, 2.45) is 10.7 Å². The molecule has 0 aliphatic rings. The maximum Gasteiger partial charge on any atom is 0.221 e. The van der Waals surface area contributed by atoms with Crippen LogP contribution in [0.2, 0.25) is 0 Å². The molecular weight excluding hydrogens is 250 g/mol. The molecule has 0 radical (unpaired) electrons. The first-order chi connectivity index (χ1) is 8.36. The maximum absolute atomic E-state index is 11.2. The first kappa shape index (κ1) is 14.5. The van der Waals surface area contributed by atoms with Gasteiger partial charge < -0.3 is 11.1 Å². The van der Waals surface area contributed by atoms with Crippen LogP contribution in [0.1, 0.15) is 23.6 Å². The van der Waals surface area contributed by atoms with Crippen molar-refractivity contribution in [2.45, 2.75) is 27.7 Å². The molecule has 0 atom stereocenters. The van der Waals surface area contributed by atoms with Crippen LogP contribution in [0.15, 0.2) is 11.1 Å². The van der Waals surface area contributed by atoms with Gasteiger partial charge in [0.15, 0.2) is 0 Å². The minimum atomic E-state index is -0.106. The zero-order valence-corrected chi connectivity index (χ0v) is 11.9. The highest BCUT2D eigenvalue weighted by atomic mass is 35.5. The highest BCUT2D eigenvalue weighted by Gasteiger charge is 2.11. The number of hydrogen-bond acceptors (Lipinski definition) is 2. The first-order valence-corrected chi connectivity index (χ1v) is 6.17. The Balaban J connectivity index is 3.39. The predicted octanol–water partition coefficient (Wildman–Crippen LogP) is 2.80. The summed E-state index contributed by atoms with van der Waals surface area (Å²) >= 11 is 5.64. The Morgan fingerprint density at radius 2 is 2.00 bits per heavy atom. The van der Waals surface area contributed by atoms with Gasteiger partial charge >= 0.3 is 0 Å². The largest absolute Gasteiger partial charge is 0.386 e. The number of nitrogens with two attached hydrogens (primary N) is 1. The molecule has 1 aromatic carbocycles. The smallest absolute Gasteiger partial charge is 0.221 e. The van der Waals surface area contributed by atoms with Crippen molar-refractivity contribution in [3.63, 3.8) is 0 Å². The van der Waals surface area contributed by atoms with E-state index < -0.39 is 0 Å². The molecule has 3 N–H and O–H groups in total. The van der Waals surface area contributed by atoms with Gasteiger partial charge in [0.25, 0.3) is 0 Å². The molecule has 0 unspecified atom stereocenters. The third kappa shape index (κ3) is 3.23. The molecule has 1 aromatic rings. The summed E-state index contributed by atoms with van der Waals surface area (Å²) in [5.74, 6) is 0.438. The van der Waals surface area contributed by atoms with Crippen LogP contribution in [-0.4, -0.2) is 17.6 Å². The van der Waals surface area contributed by atoms with E-state index in [1.807, 2.05) is 26.8 Å². The number of nitrogens with zero attached hydrogens (tertiary/aromatic N) is 1. The Bertz CT molecular complexity index is 509. The van der Waals surface area contributed by atoms with Crippen molar-refractivity contribution in [3.8, 4) is 0 Å². The minimum Gasteiger partial charge on any atom is -0.386 e. The van der Waals surface area contributed by atoms with Gasteiger partial charge in [-0.25, -0.2) is 4.99 Å². The minimum absolute atomic E-state index is 0.106. The van der Waals surface area contributed by atoms with Crippen molar-refractivity contribution >= 4 is 34.7 Å². The van der Waals surface area contributed by atoms with Crippen molar-refractivity contribution in [2.75, 3.05) is 11.2 Å². The summed E-state index contributed by atoms with van der Waals surface area (Å²) in [6.07, 6.45) is 0. The lowest BCUT2D eigenvalue weighted by Crippen LogP contribution is -2.13. The van der Waals surface area contributed by atoms with E-state index in [0.717, 1.165) is 28.1 Å². The SMILES string of the molecule is CC(=O)Nc1c(C)cc(C)c(N=C(N)CCl)c1C. The molecule has 98 valence electrons. The fraction of sp³-hybridized carbons (Fsp3) is 0.385. The highest BCUT2D eigenvalue weighted by molar-refractivity contribution is 6.28. The van der Waals surface area contributed by atoms with Gasteiger partial charge in [-0.15, -0.1) is 11.6 Å². The van der Waals surface area contributed by atoms with E-state index in [9.17, 15) is 4.79 Å². The fourth-order valence-corrected chi connectivity index (χ4v) is 1.95. The molecule has 5 heteroatoms. The van der Waals surface area contributed by atoms with E-state index in [-0.39, 0.29) is 11.8 Å². The third-order valence-electron chi connectivity index (χ3n) is 2.62. The molecule has 0 saturated carbocycles. The number of aryl methyl sites for hydroxylation is 2. The standard InChI is InChI=1S/C13H18ClN3O/c1-7-5-8(2)13(17-11(15)6-14)9(3)12(7)16-10(4)18/h5H,6H2,1-4H3,(H2,15,17)(H,16,18). The van der Waals surface area contributed by atoms with E-state index in [0.29, 0.717) is 5.84 Å². The van der Waals surface area contributed by atoms with Gasteiger partial charge in [-0.1, -0.05) is 6.07 Å². The van der Waals surface area contributed by atoms with Crippen molar-refractivity contribution in [1.29, 1.82) is 0 Å². The molecule has 18 heavy (non-hydrogen) atoms. The van der Waals surface area contributed by atoms with Crippen LogP contribution in [0.3, 0.4) is 0 Å². The van der Waals surface area contributed by atoms with E-state index in [1.54, 1.807) is 0 Å². The second kappa shape index (κ2) is 5.87. The number of carbonyl (C=O) groups excluding carboxylic acids is 1. The molecule has 0 spiro atoms. The summed E-state index contributed by atoms with van der Waals surface area (Å²) in [4.78, 5) is 15.5. The molecule has 0 fully saturated rings. The van der Waals surface area contributed by atoms with Crippen LogP contribution < -0.4 is 11.1 Å². The average Bonchev–Trinajstić information content (AvgIpc) is 2.29. The molecule has 0 heterocycles. The van der Waals surface area contributed by atoms with Gasteiger partial charge in [0.1, 0.15) is 5.84 Å². The number of hydrogen-bond donors (Lipinski definition) is 2. The van der Waals surface area contributed by atoms with Crippen LogP contribution in [0.5, 0.6) is 0 Å². The molecule has 0 bridgehead atoms. The van der Waals surface area contributed by atoms with E-state index >= 15 is 0 Å². The summed E-state index contributed by atoms with van der Waals surface area (Å²) < 4.78 is 0. The van der Waals surface area contributed by atoms with Crippen LogP contribution in [-0.2, 0) is 4.79 Å². The van der Waals surface area contributed by atoms with Crippen LogP contribution >= 0.6 is 11.6 Å².